The van der Waals surface area contributed by atoms with E-state index in [4.69, 9.17) is 0 Å². The van der Waals surface area contributed by atoms with Crippen molar-refractivity contribution < 1.29 is 9.59 Å². The minimum absolute atomic E-state index is 0.135. The molecule has 0 bridgehead atoms. The van der Waals surface area contributed by atoms with Gasteiger partial charge in [-0.05, 0) is 44.2 Å². The highest BCUT2D eigenvalue weighted by Gasteiger charge is 2.42. The van der Waals surface area contributed by atoms with Gasteiger partial charge >= 0.3 is 0 Å². The lowest BCUT2D eigenvalue weighted by atomic mass is 9.68. The number of dihydropyridines is 1. The van der Waals surface area contributed by atoms with Gasteiger partial charge in [-0.15, -0.1) is 11.3 Å². The summed E-state index contributed by atoms with van der Waals surface area (Å²) in [5, 5.41) is 17.8. The Labute approximate surface area is 219 Å². The number of carbonyl (C=O) groups excluding carboxylic acids is 2. The van der Waals surface area contributed by atoms with Crippen molar-refractivity contribution in [3.05, 3.63) is 53.9 Å². The maximum absolute atomic E-state index is 13.2. The van der Waals surface area contributed by atoms with E-state index in [1.807, 2.05) is 26.4 Å². The molecule has 194 valence electrons. The molecule has 3 aromatic heterocycles. The molecule has 6 rings (SSSR count). The molecule has 1 spiro atoms. The quantitative estimate of drug-likeness (QED) is 0.441. The minimum Gasteiger partial charge on any atom is -0.382 e. The smallest absolute Gasteiger partial charge is 0.260 e. The van der Waals surface area contributed by atoms with Crippen molar-refractivity contribution in [2.24, 2.45) is 12.5 Å². The van der Waals surface area contributed by atoms with E-state index in [-0.39, 0.29) is 17.9 Å². The summed E-state index contributed by atoms with van der Waals surface area (Å²) >= 11 is 1.49. The SMILES string of the molecule is CC1NC=C(C(=O)NCCN2CCC3(CCC3)C2)C=C1NC(=O)c1cnn2cc(-c3cnn(C)c3)sc12. The fraction of sp³-hybridized carbons (Fsp3) is 0.462. The van der Waals surface area contributed by atoms with E-state index in [0.29, 0.717) is 28.8 Å². The third kappa shape index (κ3) is 4.69. The zero-order valence-electron chi connectivity index (χ0n) is 21.2. The second-order valence-corrected chi connectivity index (χ2v) is 11.5. The Morgan fingerprint density at radius 1 is 1.19 bits per heavy atom. The summed E-state index contributed by atoms with van der Waals surface area (Å²) < 4.78 is 3.46. The van der Waals surface area contributed by atoms with Crippen LogP contribution in [0, 0.1) is 5.41 Å². The van der Waals surface area contributed by atoms with E-state index in [2.05, 4.69) is 31.0 Å². The van der Waals surface area contributed by atoms with Crippen LogP contribution in [-0.4, -0.2) is 68.3 Å². The largest absolute Gasteiger partial charge is 0.382 e. The zero-order chi connectivity index (χ0) is 25.6. The first-order valence-electron chi connectivity index (χ1n) is 12.9. The van der Waals surface area contributed by atoms with Gasteiger partial charge in [-0.1, -0.05) is 6.42 Å². The van der Waals surface area contributed by atoms with E-state index < -0.39 is 0 Å². The monoisotopic (exact) mass is 520 g/mol. The lowest BCUT2D eigenvalue weighted by molar-refractivity contribution is -0.117. The molecule has 5 heterocycles. The highest BCUT2D eigenvalue weighted by atomic mass is 32.1. The lowest BCUT2D eigenvalue weighted by Crippen LogP contribution is -2.40. The predicted octanol–water partition coefficient (Wildman–Crippen LogP) is 2.28. The molecule has 2 amide bonds. The van der Waals surface area contributed by atoms with Gasteiger partial charge in [0.05, 0.1) is 34.4 Å². The van der Waals surface area contributed by atoms with Crippen LogP contribution >= 0.6 is 11.3 Å². The number of aromatic nitrogens is 4. The van der Waals surface area contributed by atoms with Crippen LogP contribution in [0.2, 0.25) is 0 Å². The highest BCUT2D eigenvalue weighted by Crippen LogP contribution is 2.47. The van der Waals surface area contributed by atoms with Crippen LogP contribution in [-0.2, 0) is 11.8 Å². The van der Waals surface area contributed by atoms with Crippen molar-refractivity contribution in [3.8, 4) is 10.4 Å². The second kappa shape index (κ2) is 9.46. The fourth-order valence-electron chi connectivity index (χ4n) is 5.47. The Bertz CT molecular complexity index is 1410. The molecule has 1 aliphatic carbocycles. The van der Waals surface area contributed by atoms with Crippen molar-refractivity contribution in [1.29, 1.82) is 0 Å². The number of aryl methyl sites for hydroxylation is 1. The maximum atomic E-state index is 13.2. The maximum Gasteiger partial charge on any atom is 0.260 e. The summed E-state index contributed by atoms with van der Waals surface area (Å²) in [6.07, 6.45) is 16.0. The highest BCUT2D eigenvalue weighted by molar-refractivity contribution is 7.21. The van der Waals surface area contributed by atoms with Gasteiger partial charge in [0.2, 0.25) is 0 Å². The average molecular weight is 521 g/mol. The average Bonchev–Trinajstić information content (AvgIpc) is 3.63. The van der Waals surface area contributed by atoms with Crippen LogP contribution in [0.5, 0.6) is 0 Å². The van der Waals surface area contributed by atoms with Crippen LogP contribution in [0.15, 0.2) is 48.3 Å². The van der Waals surface area contributed by atoms with Crippen molar-refractivity contribution in [2.75, 3.05) is 26.2 Å². The summed E-state index contributed by atoms with van der Waals surface area (Å²) in [4.78, 5) is 30.2. The fourth-order valence-corrected chi connectivity index (χ4v) is 6.50. The van der Waals surface area contributed by atoms with Crippen molar-refractivity contribution in [3.63, 3.8) is 0 Å². The van der Waals surface area contributed by atoms with E-state index in [0.717, 1.165) is 34.9 Å². The second-order valence-electron chi connectivity index (χ2n) is 10.5. The summed E-state index contributed by atoms with van der Waals surface area (Å²) in [5.41, 5.74) is 3.18. The van der Waals surface area contributed by atoms with Gasteiger partial charge in [-0.25, -0.2) is 4.52 Å². The number of fused-ring (bicyclic) bond motifs is 1. The number of nitrogens with one attached hydrogen (secondary N) is 3. The van der Waals surface area contributed by atoms with Gasteiger partial charge in [-0.3, -0.25) is 14.3 Å². The molecule has 1 saturated carbocycles. The molecule has 2 fully saturated rings. The molecule has 10 nitrogen and oxygen atoms in total. The number of hydrogen-bond donors (Lipinski definition) is 3. The molecule has 0 aromatic carbocycles. The van der Waals surface area contributed by atoms with E-state index in [1.54, 1.807) is 33.9 Å². The van der Waals surface area contributed by atoms with Gasteiger partial charge in [0.15, 0.2) is 0 Å². The van der Waals surface area contributed by atoms with Crippen LogP contribution in [0.4, 0.5) is 0 Å². The van der Waals surface area contributed by atoms with Gasteiger partial charge in [0, 0.05) is 56.5 Å². The van der Waals surface area contributed by atoms with Crippen molar-refractivity contribution in [1.82, 2.24) is 40.2 Å². The van der Waals surface area contributed by atoms with Crippen LogP contribution in [0.25, 0.3) is 15.3 Å². The third-order valence-electron chi connectivity index (χ3n) is 7.86. The number of hydrogen-bond acceptors (Lipinski definition) is 7. The molecular weight excluding hydrogens is 488 g/mol. The van der Waals surface area contributed by atoms with Crippen LogP contribution in [0.3, 0.4) is 0 Å². The molecule has 2 aliphatic heterocycles. The van der Waals surface area contributed by atoms with Gasteiger partial charge in [-0.2, -0.15) is 10.2 Å². The first-order valence-corrected chi connectivity index (χ1v) is 13.7. The molecule has 1 atom stereocenters. The minimum atomic E-state index is -0.255. The van der Waals surface area contributed by atoms with Gasteiger partial charge in [0.25, 0.3) is 11.8 Å². The molecule has 0 radical (unpaired) electrons. The molecule has 3 aliphatic rings. The van der Waals surface area contributed by atoms with Gasteiger partial charge in [0.1, 0.15) is 4.83 Å². The molecule has 1 unspecified atom stereocenters. The molecule has 37 heavy (non-hydrogen) atoms. The lowest BCUT2D eigenvalue weighted by Gasteiger charge is -2.38. The number of amides is 2. The number of likely N-dealkylation sites (tertiary alicyclic amines) is 1. The molecule has 11 heteroatoms. The number of carbonyl (C=O) groups is 2. The summed E-state index contributed by atoms with van der Waals surface area (Å²) in [6, 6.07) is -0.135. The topological polar surface area (TPSA) is 109 Å². The Balaban J connectivity index is 1.08. The van der Waals surface area contributed by atoms with E-state index in [1.165, 1.54) is 37.0 Å². The number of rotatable bonds is 7. The standard InChI is InChI=1S/C26H32N8O2S/c1-17-21(10-18(11-28-17)23(35)27-7-9-33-8-6-26(16-33)4-3-5-26)31-24(36)20-13-30-34-15-22(37-25(20)34)19-12-29-32(2)14-19/h10-15,17,28H,3-9,16H2,1-2H3,(H,27,35)(H,31,36). The van der Waals surface area contributed by atoms with E-state index >= 15 is 0 Å². The Kier molecular flexibility index (Phi) is 6.12. The number of thiazole rings is 1. The summed E-state index contributed by atoms with van der Waals surface area (Å²) in [5.74, 6) is -0.397. The van der Waals surface area contributed by atoms with Crippen LogP contribution in [0.1, 0.15) is 43.0 Å². The van der Waals surface area contributed by atoms with Gasteiger partial charge < -0.3 is 20.9 Å². The molecular formula is C26H32N8O2S. The number of nitrogens with zero attached hydrogens (tertiary/aromatic N) is 5. The summed E-state index contributed by atoms with van der Waals surface area (Å²) in [6.45, 7) is 5.72. The van der Waals surface area contributed by atoms with Crippen molar-refractivity contribution in [2.45, 2.75) is 38.6 Å². The Hall–Kier alpha value is -3.44. The molecule has 3 aromatic rings. The predicted molar refractivity (Wildman–Crippen MR) is 142 cm³/mol. The first kappa shape index (κ1) is 23.9. The first-order chi connectivity index (χ1) is 17.9. The third-order valence-corrected chi connectivity index (χ3v) is 9.02. The van der Waals surface area contributed by atoms with Crippen LogP contribution < -0.4 is 16.0 Å². The van der Waals surface area contributed by atoms with E-state index in [9.17, 15) is 9.59 Å². The van der Waals surface area contributed by atoms with Crippen molar-refractivity contribution >= 4 is 28.0 Å². The Morgan fingerprint density at radius 3 is 2.78 bits per heavy atom. The zero-order valence-corrected chi connectivity index (χ0v) is 22.0. The molecule has 3 N–H and O–H groups in total. The summed E-state index contributed by atoms with van der Waals surface area (Å²) in [7, 11) is 1.87. The molecule has 1 saturated heterocycles. The Morgan fingerprint density at radius 2 is 2.05 bits per heavy atom. The normalized spacial score (nSPS) is 20.9.